The normalized spacial score (nSPS) is 11.3. The number of anilines is 1. The molecule has 1 aromatic carbocycles. The van der Waals surface area contributed by atoms with Crippen LogP contribution in [0, 0.1) is 5.82 Å². The van der Waals surface area contributed by atoms with E-state index in [1.807, 2.05) is 13.1 Å². The second kappa shape index (κ2) is 4.24. The summed E-state index contributed by atoms with van der Waals surface area (Å²) in [7, 11) is 1.84. The molecule has 0 unspecified atom stereocenters. The van der Waals surface area contributed by atoms with Crippen LogP contribution in [-0.4, -0.2) is 19.3 Å². The van der Waals surface area contributed by atoms with Crippen LogP contribution in [0.25, 0.3) is 11.0 Å². The van der Waals surface area contributed by atoms with Gasteiger partial charge in [0.05, 0.1) is 28.3 Å². The van der Waals surface area contributed by atoms with Gasteiger partial charge < -0.3 is 10.3 Å². The lowest BCUT2D eigenvalue weighted by Gasteiger charge is -2.07. The molecular formula is C12H11ClFN5. The molecule has 0 spiro atoms. The molecule has 3 rings (SSSR count). The van der Waals surface area contributed by atoms with Gasteiger partial charge in [-0.25, -0.2) is 9.37 Å². The minimum atomic E-state index is -0.501. The second-order valence-electron chi connectivity index (χ2n) is 4.26. The molecule has 0 fully saturated rings. The van der Waals surface area contributed by atoms with Gasteiger partial charge in [-0.1, -0.05) is 11.6 Å². The van der Waals surface area contributed by atoms with Gasteiger partial charge in [-0.2, -0.15) is 5.10 Å². The van der Waals surface area contributed by atoms with E-state index in [2.05, 4.69) is 10.1 Å². The summed E-state index contributed by atoms with van der Waals surface area (Å²) in [6, 6.07) is 4.70. The Balaban J connectivity index is 2.15. The monoisotopic (exact) mass is 279 g/mol. The SMILES string of the molecule is Cn1nccc1Cn1c(N)nc2cc(F)c(Cl)cc21. The van der Waals surface area contributed by atoms with E-state index >= 15 is 0 Å². The number of nitrogen functional groups attached to an aromatic ring is 1. The van der Waals surface area contributed by atoms with Gasteiger partial charge >= 0.3 is 0 Å². The molecule has 3 aromatic rings. The van der Waals surface area contributed by atoms with Gasteiger partial charge in [-0.05, 0) is 12.1 Å². The second-order valence-corrected chi connectivity index (χ2v) is 4.66. The van der Waals surface area contributed by atoms with Crippen molar-refractivity contribution in [3.63, 3.8) is 0 Å². The molecular weight excluding hydrogens is 269 g/mol. The van der Waals surface area contributed by atoms with Crippen LogP contribution in [0.5, 0.6) is 0 Å². The largest absolute Gasteiger partial charge is 0.369 e. The smallest absolute Gasteiger partial charge is 0.201 e. The summed E-state index contributed by atoms with van der Waals surface area (Å²) in [5, 5.41) is 4.15. The highest BCUT2D eigenvalue weighted by molar-refractivity contribution is 6.31. The lowest BCUT2D eigenvalue weighted by Crippen LogP contribution is -2.08. The molecule has 0 aliphatic carbocycles. The first-order chi connectivity index (χ1) is 9.06. The van der Waals surface area contributed by atoms with Crippen LogP contribution in [0.15, 0.2) is 24.4 Å². The average Bonchev–Trinajstić information content (AvgIpc) is 2.88. The topological polar surface area (TPSA) is 61.7 Å². The Morgan fingerprint density at radius 3 is 2.89 bits per heavy atom. The van der Waals surface area contributed by atoms with Gasteiger partial charge in [-0.15, -0.1) is 0 Å². The van der Waals surface area contributed by atoms with Crippen LogP contribution < -0.4 is 5.73 Å². The number of imidazole rings is 1. The number of nitrogens with two attached hydrogens (primary N) is 1. The summed E-state index contributed by atoms with van der Waals surface area (Å²) in [6.07, 6.45) is 1.71. The Morgan fingerprint density at radius 1 is 1.42 bits per heavy atom. The van der Waals surface area contributed by atoms with E-state index in [1.165, 1.54) is 12.1 Å². The minimum Gasteiger partial charge on any atom is -0.369 e. The number of aryl methyl sites for hydroxylation is 1. The molecule has 0 bridgehead atoms. The van der Waals surface area contributed by atoms with Gasteiger partial charge in [-0.3, -0.25) is 4.68 Å². The lowest BCUT2D eigenvalue weighted by atomic mass is 10.3. The molecule has 0 saturated carbocycles. The van der Waals surface area contributed by atoms with E-state index in [9.17, 15) is 4.39 Å². The Kier molecular flexibility index (Phi) is 2.67. The maximum atomic E-state index is 13.4. The van der Waals surface area contributed by atoms with Crippen molar-refractivity contribution in [2.45, 2.75) is 6.54 Å². The standard InChI is InChI=1S/C12H11ClFN5/c1-18-7(2-3-16-18)6-19-11-4-8(13)9(14)5-10(11)17-12(19)15/h2-5H,6H2,1H3,(H2,15,17). The number of aromatic nitrogens is 4. The van der Waals surface area contributed by atoms with E-state index < -0.39 is 5.82 Å². The fourth-order valence-electron chi connectivity index (χ4n) is 2.02. The first-order valence-electron chi connectivity index (χ1n) is 5.64. The molecule has 0 aliphatic rings. The molecule has 0 aliphatic heterocycles. The van der Waals surface area contributed by atoms with E-state index in [4.69, 9.17) is 17.3 Å². The van der Waals surface area contributed by atoms with Crippen LogP contribution in [0.4, 0.5) is 10.3 Å². The van der Waals surface area contributed by atoms with Crippen molar-refractivity contribution >= 4 is 28.6 Å². The summed E-state index contributed by atoms with van der Waals surface area (Å²) in [6.45, 7) is 0.501. The molecule has 0 atom stereocenters. The number of nitrogens with zero attached hydrogens (tertiary/aromatic N) is 4. The summed E-state index contributed by atoms with van der Waals surface area (Å²) in [5.74, 6) is -0.183. The highest BCUT2D eigenvalue weighted by atomic mass is 35.5. The van der Waals surface area contributed by atoms with Crippen molar-refractivity contribution in [1.82, 2.24) is 19.3 Å². The van der Waals surface area contributed by atoms with Gasteiger partial charge in [0.25, 0.3) is 0 Å². The fourth-order valence-corrected chi connectivity index (χ4v) is 2.18. The van der Waals surface area contributed by atoms with Crippen LogP contribution in [0.3, 0.4) is 0 Å². The first kappa shape index (κ1) is 12.0. The Morgan fingerprint density at radius 2 is 2.21 bits per heavy atom. The van der Waals surface area contributed by atoms with Crippen molar-refractivity contribution < 1.29 is 4.39 Å². The molecule has 2 aromatic heterocycles. The average molecular weight is 280 g/mol. The molecule has 98 valence electrons. The molecule has 2 heterocycles. The van der Waals surface area contributed by atoms with Gasteiger partial charge in [0.15, 0.2) is 0 Å². The third kappa shape index (κ3) is 1.94. The van der Waals surface area contributed by atoms with E-state index in [1.54, 1.807) is 15.4 Å². The first-order valence-corrected chi connectivity index (χ1v) is 6.01. The zero-order valence-electron chi connectivity index (χ0n) is 10.1. The van der Waals surface area contributed by atoms with E-state index in [0.29, 0.717) is 23.5 Å². The fraction of sp³-hybridized carbons (Fsp3) is 0.167. The number of halogens is 2. The van der Waals surface area contributed by atoms with Gasteiger partial charge in [0, 0.05) is 19.3 Å². The number of fused-ring (bicyclic) bond motifs is 1. The van der Waals surface area contributed by atoms with Crippen LogP contribution in [0.2, 0.25) is 5.02 Å². The number of hydrogen-bond acceptors (Lipinski definition) is 3. The predicted octanol–water partition coefficient (Wildman–Crippen LogP) is 2.19. The predicted molar refractivity (Wildman–Crippen MR) is 71.4 cm³/mol. The van der Waals surface area contributed by atoms with E-state index in [-0.39, 0.29) is 5.02 Å². The van der Waals surface area contributed by atoms with Crippen molar-refractivity contribution in [1.29, 1.82) is 0 Å². The van der Waals surface area contributed by atoms with Crippen molar-refractivity contribution in [3.8, 4) is 0 Å². The minimum absolute atomic E-state index is 0.0543. The summed E-state index contributed by atoms with van der Waals surface area (Å²) < 4.78 is 16.9. The summed E-state index contributed by atoms with van der Waals surface area (Å²) in [5.41, 5.74) is 8.03. The number of benzene rings is 1. The zero-order chi connectivity index (χ0) is 13.6. The van der Waals surface area contributed by atoms with Crippen LogP contribution in [-0.2, 0) is 13.6 Å². The Labute approximate surface area is 113 Å². The van der Waals surface area contributed by atoms with E-state index in [0.717, 1.165) is 5.69 Å². The van der Waals surface area contributed by atoms with Crippen LogP contribution >= 0.6 is 11.6 Å². The molecule has 0 radical (unpaired) electrons. The molecule has 0 amide bonds. The summed E-state index contributed by atoms with van der Waals surface area (Å²) in [4.78, 5) is 4.14. The molecule has 0 saturated heterocycles. The number of rotatable bonds is 2. The van der Waals surface area contributed by atoms with Crippen molar-refractivity contribution in [3.05, 3.63) is 40.9 Å². The van der Waals surface area contributed by atoms with Gasteiger partial charge in [0.1, 0.15) is 5.82 Å². The third-order valence-electron chi connectivity index (χ3n) is 3.06. The molecule has 2 N–H and O–H groups in total. The maximum absolute atomic E-state index is 13.4. The highest BCUT2D eigenvalue weighted by Crippen LogP contribution is 2.25. The van der Waals surface area contributed by atoms with Crippen molar-refractivity contribution in [2.75, 3.05) is 5.73 Å². The Hall–Kier alpha value is -2.08. The highest BCUT2D eigenvalue weighted by Gasteiger charge is 2.13. The molecule has 19 heavy (non-hydrogen) atoms. The number of hydrogen-bond donors (Lipinski definition) is 1. The molecule has 7 heteroatoms. The maximum Gasteiger partial charge on any atom is 0.201 e. The lowest BCUT2D eigenvalue weighted by molar-refractivity contribution is 0.629. The third-order valence-corrected chi connectivity index (χ3v) is 3.35. The Bertz CT molecular complexity index is 761. The zero-order valence-corrected chi connectivity index (χ0v) is 10.9. The molecule has 5 nitrogen and oxygen atoms in total. The van der Waals surface area contributed by atoms with Crippen LogP contribution in [0.1, 0.15) is 5.69 Å². The van der Waals surface area contributed by atoms with Crippen molar-refractivity contribution in [2.24, 2.45) is 7.05 Å². The quantitative estimate of drug-likeness (QED) is 0.782. The van der Waals surface area contributed by atoms with Gasteiger partial charge in [0.2, 0.25) is 5.95 Å². The summed E-state index contributed by atoms with van der Waals surface area (Å²) >= 11 is 5.81.